The Balaban J connectivity index is 1.32. The fourth-order valence-corrected chi connectivity index (χ4v) is 5.02. The van der Waals surface area contributed by atoms with E-state index in [2.05, 4.69) is 21.8 Å². The molecule has 28 heavy (non-hydrogen) atoms. The summed E-state index contributed by atoms with van der Waals surface area (Å²) in [6.45, 7) is 7.78. The SMILES string of the molecule is COc1ccc(C(=O)N2CCC3(CC2)CC(CN2CCOCC2)N(C)C3)cn1. The Morgan fingerprint density at radius 3 is 2.64 bits per heavy atom. The van der Waals surface area contributed by atoms with E-state index in [0.717, 1.165) is 65.3 Å². The highest BCUT2D eigenvalue weighted by Crippen LogP contribution is 2.43. The summed E-state index contributed by atoms with van der Waals surface area (Å²) < 4.78 is 10.6. The first-order chi connectivity index (χ1) is 13.6. The van der Waals surface area contributed by atoms with Gasteiger partial charge in [0.1, 0.15) is 0 Å². The number of amides is 1. The largest absolute Gasteiger partial charge is 0.481 e. The van der Waals surface area contributed by atoms with Crippen molar-refractivity contribution in [3.8, 4) is 5.88 Å². The molecule has 0 aliphatic carbocycles. The standard InChI is InChI=1S/C21H32N4O3/c1-23-16-21(13-18(23)15-24-9-11-28-12-10-24)5-7-25(8-6-21)20(26)17-3-4-19(27-2)22-14-17/h3-4,14,18H,5-13,15-16H2,1-2H3. The molecule has 7 heteroatoms. The van der Waals surface area contributed by atoms with Gasteiger partial charge in [0.15, 0.2) is 0 Å². The molecular formula is C21H32N4O3. The number of carbonyl (C=O) groups excluding carboxylic acids is 1. The van der Waals surface area contributed by atoms with Crippen molar-refractivity contribution >= 4 is 5.91 Å². The van der Waals surface area contributed by atoms with Crippen LogP contribution in [-0.2, 0) is 4.74 Å². The summed E-state index contributed by atoms with van der Waals surface area (Å²) in [6.07, 6.45) is 5.04. The summed E-state index contributed by atoms with van der Waals surface area (Å²) in [7, 11) is 3.85. The van der Waals surface area contributed by atoms with E-state index in [4.69, 9.17) is 9.47 Å². The Hall–Kier alpha value is -1.70. The van der Waals surface area contributed by atoms with Gasteiger partial charge < -0.3 is 19.3 Å². The van der Waals surface area contributed by atoms with Gasteiger partial charge >= 0.3 is 0 Å². The van der Waals surface area contributed by atoms with Crippen LogP contribution in [0.5, 0.6) is 5.88 Å². The highest BCUT2D eigenvalue weighted by atomic mass is 16.5. The van der Waals surface area contributed by atoms with E-state index in [1.54, 1.807) is 25.4 Å². The minimum Gasteiger partial charge on any atom is -0.481 e. The molecule has 0 bridgehead atoms. The summed E-state index contributed by atoms with van der Waals surface area (Å²) in [6, 6.07) is 4.17. The van der Waals surface area contributed by atoms with Crippen LogP contribution in [0.2, 0.25) is 0 Å². The van der Waals surface area contributed by atoms with E-state index in [1.807, 2.05) is 4.90 Å². The predicted molar refractivity (Wildman–Crippen MR) is 107 cm³/mol. The number of likely N-dealkylation sites (tertiary alicyclic amines) is 2. The Labute approximate surface area is 167 Å². The number of aromatic nitrogens is 1. The molecular weight excluding hydrogens is 356 g/mol. The van der Waals surface area contributed by atoms with E-state index in [9.17, 15) is 4.79 Å². The van der Waals surface area contributed by atoms with Crippen LogP contribution in [0.25, 0.3) is 0 Å². The molecule has 3 fully saturated rings. The monoisotopic (exact) mass is 388 g/mol. The fourth-order valence-electron chi connectivity index (χ4n) is 5.02. The van der Waals surface area contributed by atoms with E-state index >= 15 is 0 Å². The molecule has 1 aromatic rings. The molecule has 7 nitrogen and oxygen atoms in total. The summed E-state index contributed by atoms with van der Waals surface area (Å²) >= 11 is 0. The first-order valence-corrected chi connectivity index (χ1v) is 10.4. The van der Waals surface area contributed by atoms with Crippen molar-refractivity contribution in [1.29, 1.82) is 0 Å². The lowest BCUT2D eigenvalue weighted by molar-refractivity contribution is 0.0283. The van der Waals surface area contributed by atoms with Gasteiger partial charge in [-0.1, -0.05) is 0 Å². The van der Waals surface area contributed by atoms with Crippen LogP contribution >= 0.6 is 0 Å². The zero-order valence-corrected chi connectivity index (χ0v) is 17.1. The fraction of sp³-hybridized carbons (Fsp3) is 0.714. The highest BCUT2D eigenvalue weighted by molar-refractivity contribution is 5.94. The number of likely N-dealkylation sites (N-methyl/N-ethyl adjacent to an activating group) is 1. The average molecular weight is 389 g/mol. The number of methoxy groups -OCH3 is 1. The van der Waals surface area contributed by atoms with Crippen LogP contribution in [-0.4, -0.2) is 98.3 Å². The Morgan fingerprint density at radius 1 is 1.25 bits per heavy atom. The minimum atomic E-state index is 0.0845. The number of nitrogens with zero attached hydrogens (tertiary/aromatic N) is 4. The smallest absolute Gasteiger partial charge is 0.255 e. The first kappa shape index (κ1) is 19.6. The predicted octanol–water partition coefficient (Wildman–Crippen LogP) is 1.35. The molecule has 0 radical (unpaired) electrons. The third-order valence-corrected chi connectivity index (χ3v) is 6.75. The number of rotatable bonds is 4. The average Bonchev–Trinajstić information content (AvgIpc) is 3.03. The van der Waals surface area contributed by atoms with Gasteiger partial charge in [-0.2, -0.15) is 0 Å². The second-order valence-corrected chi connectivity index (χ2v) is 8.57. The topological polar surface area (TPSA) is 58.1 Å². The van der Waals surface area contributed by atoms with Crippen LogP contribution < -0.4 is 4.74 Å². The van der Waals surface area contributed by atoms with Gasteiger partial charge in [0, 0.05) is 57.6 Å². The van der Waals surface area contributed by atoms with Crippen LogP contribution in [0.15, 0.2) is 18.3 Å². The number of morpholine rings is 1. The molecule has 1 aromatic heterocycles. The molecule has 0 saturated carbocycles. The van der Waals surface area contributed by atoms with Gasteiger partial charge in [0.05, 0.1) is 25.9 Å². The van der Waals surface area contributed by atoms with Crippen molar-refractivity contribution < 1.29 is 14.3 Å². The molecule has 1 unspecified atom stereocenters. The van der Waals surface area contributed by atoms with E-state index < -0.39 is 0 Å². The second kappa shape index (κ2) is 8.35. The van der Waals surface area contributed by atoms with E-state index in [0.29, 0.717) is 22.9 Å². The lowest BCUT2D eigenvalue weighted by atomic mass is 9.76. The van der Waals surface area contributed by atoms with Gasteiger partial charge in [-0.25, -0.2) is 4.98 Å². The van der Waals surface area contributed by atoms with Crippen LogP contribution in [0.4, 0.5) is 0 Å². The zero-order valence-electron chi connectivity index (χ0n) is 17.1. The van der Waals surface area contributed by atoms with Gasteiger partial charge in [0.2, 0.25) is 5.88 Å². The van der Waals surface area contributed by atoms with Crippen molar-refractivity contribution in [2.45, 2.75) is 25.3 Å². The quantitative estimate of drug-likeness (QED) is 0.776. The molecule has 1 amide bonds. The van der Waals surface area contributed by atoms with Crippen molar-refractivity contribution in [3.05, 3.63) is 23.9 Å². The molecule has 3 aliphatic heterocycles. The molecule has 1 spiro atoms. The van der Waals surface area contributed by atoms with Crippen LogP contribution in [0.3, 0.4) is 0 Å². The lowest BCUT2D eigenvalue weighted by Gasteiger charge is -2.39. The van der Waals surface area contributed by atoms with E-state index in [-0.39, 0.29) is 5.91 Å². The Kier molecular flexibility index (Phi) is 5.85. The van der Waals surface area contributed by atoms with Crippen molar-refractivity contribution in [3.63, 3.8) is 0 Å². The third-order valence-electron chi connectivity index (χ3n) is 6.75. The number of ether oxygens (including phenoxy) is 2. The maximum Gasteiger partial charge on any atom is 0.255 e. The molecule has 0 N–H and O–H groups in total. The summed E-state index contributed by atoms with van der Waals surface area (Å²) in [5, 5.41) is 0. The van der Waals surface area contributed by atoms with Crippen molar-refractivity contribution in [2.75, 3.05) is 66.6 Å². The first-order valence-electron chi connectivity index (χ1n) is 10.4. The van der Waals surface area contributed by atoms with Gasteiger partial charge in [-0.05, 0) is 37.8 Å². The summed E-state index contributed by atoms with van der Waals surface area (Å²) in [5.41, 5.74) is 1.01. The molecule has 1 atom stereocenters. The minimum absolute atomic E-state index is 0.0845. The van der Waals surface area contributed by atoms with Crippen molar-refractivity contribution in [1.82, 2.24) is 19.7 Å². The summed E-state index contributed by atoms with van der Waals surface area (Å²) in [4.78, 5) is 24.1. The Bertz CT molecular complexity index is 667. The highest BCUT2D eigenvalue weighted by Gasteiger charge is 2.45. The zero-order chi connectivity index (χ0) is 19.6. The number of hydrogen-bond donors (Lipinski definition) is 0. The summed E-state index contributed by atoms with van der Waals surface area (Å²) in [5.74, 6) is 0.621. The molecule has 4 rings (SSSR count). The molecule has 0 aromatic carbocycles. The van der Waals surface area contributed by atoms with Gasteiger partial charge in [-0.3, -0.25) is 9.69 Å². The number of hydrogen-bond acceptors (Lipinski definition) is 6. The maximum absolute atomic E-state index is 12.8. The molecule has 4 heterocycles. The second-order valence-electron chi connectivity index (χ2n) is 8.57. The van der Waals surface area contributed by atoms with Gasteiger partial charge in [-0.15, -0.1) is 0 Å². The maximum atomic E-state index is 12.8. The number of carbonyl (C=O) groups is 1. The lowest BCUT2D eigenvalue weighted by Crippen LogP contribution is -2.44. The normalized spacial score (nSPS) is 25.9. The van der Waals surface area contributed by atoms with Crippen molar-refractivity contribution in [2.24, 2.45) is 5.41 Å². The van der Waals surface area contributed by atoms with Crippen LogP contribution in [0, 0.1) is 5.41 Å². The number of piperidine rings is 1. The van der Waals surface area contributed by atoms with Gasteiger partial charge in [0.25, 0.3) is 5.91 Å². The number of pyridine rings is 1. The molecule has 3 aliphatic rings. The molecule has 3 saturated heterocycles. The van der Waals surface area contributed by atoms with E-state index in [1.165, 1.54) is 6.42 Å². The Morgan fingerprint density at radius 2 is 2.00 bits per heavy atom. The molecule has 154 valence electrons. The third kappa shape index (κ3) is 4.16. The van der Waals surface area contributed by atoms with Crippen LogP contribution in [0.1, 0.15) is 29.6 Å².